The monoisotopic (exact) mass is 504 g/mol. The van der Waals surface area contributed by atoms with E-state index >= 15 is 0 Å². The van der Waals surface area contributed by atoms with Crippen molar-refractivity contribution in [3.63, 3.8) is 0 Å². The number of fused-ring (bicyclic) bond motifs is 1. The van der Waals surface area contributed by atoms with Crippen LogP contribution in [0.5, 0.6) is 0 Å². The highest BCUT2D eigenvalue weighted by Gasteiger charge is 2.34. The van der Waals surface area contributed by atoms with Gasteiger partial charge in [-0.1, -0.05) is 121 Å². The van der Waals surface area contributed by atoms with Crippen LogP contribution in [0.4, 0.5) is 11.4 Å². The Morgan fingerprint density at radius 3 is 1.77 bits per heavy atom. The standard InChI is InChI=1S/C36H28N2O/c1-26-37(30-21-12-5-13-22-30)25-33(27-15-6-2-7-16-27)38(26)32-24-14-23-31-34(28-17-8-3-9-18-28)35(39-36(31)32)29-19-10-4-11-20-29/h2-26H,1H3/t26-/m1/s1. The van der Waals surface area contributed by atoms with Crippen molar-refractivity contribution in [3.05, 3.63) is 151 Å². The van der Waals surface area contributed by atoms with E-state index in [-0.39, 0.29) is 6.17 Å². The third-order valence-electron chi connectivity index (χ3n) is 7.47. The van der Waals surface area contributed by atoms with Crippen molar-refractivity contribution in [2.75, 3.05) is 9.80 Å². The van der Waals surface area contributed by atoms with Gasteiger partial charge in [0.15, 0.2) is 5.58 Å². The average molecular weight is 505 g/mol. The average Bonchev–Trinajstić information content (AvgIpc) is 3.57. The van der Waals surface area contributed by atoms with E-state index in [0.717, 1.165) is 56.1 Å². The summed E-state index contributed by atoms with van der Waals surface area (Å²) in [5, 5.41) is 1.11. The summed E-state index contributed by atoms with van der Waals surface area (Å²) in [6.07, 6.45) is 2.30. The number of hydrogen-bond donors (Lipinski definition) is 0. The van der Waals surface area contributed by atoms with Gasteiger partial charge in [0.05, 0.1) is 11.4 Å². The molecule has 0 saturated heterocycles. The minimum atomic E-state index is 0.0404. The highest BCUT2D eigenvalue weighted by atomic mass is 16.3. The Hall–Kier alpha value is -5.02. The molecule has 1 aromatic heterocycles. The molecule has 7 rings (SSSR count). The molecule has 0 unspecified atom stereocenters. The van der Waals surface area contributed by atoms with Crippen LogP contribution in [-0.4, -0.2) is 6.17 Å². The predicted molar refractivity (Wildman–Crippen MR) is 162 cm³/mol. The van der Waals surface area contributed by atoms with Gasteiger partial charge >= 0.3 is 0 Å². The molecule has 5 aromatic carbocycles. The van der Waals surface area contributed by atoms with Gasteiger partial charge in [-0.05, 0) is 36.2 Å². The molecule has 1 atom stereocenters. The van der Waals surface area contributed by atoms with Crippen molar-refractivity contribution in [2.45, 2.75) is 13.1 Å². The summed E-state index contributed by atoms with van der Waals surface area (Å²) in [6.45, 7) is 2.25. The van der Waals surface area contributed by atoms with Crippen molar-refractivity contribution in [2.24, 2.45) is 0 Å². The molecule has 6 aromatic rings. The summed E-state index contributed by atoms with van der Waals surface area (Å²) in [5.41, 5.74) is 8.73. The molecular formula is C36H28N2O. The van der Waals surface area contributed by atoms with Crippen molar-refractivity contribution >= 4 is 28.0 Å². The van der Waals surface area contributed by atoms with E-state index in [1.165, 1.54) is 0 Å². The Labute approximate surface area is 228 Å². The maximum Gasteiger partial charge on any atom is 0.159 e. The number of furan rings is 1. The lowest BCUT2D eigenvalue weighted by molar-refractivity contribution is 0.629. The first kappa shape index (κ1) is 23.1. The summed E-state index contributed by atoms with van der Waals surface area (Å²) in [7, 11) is 0. The molecule has 2 heterocycles. The van der Waals surface area contributed by atoms with E-state index in [0.29, 0.717) is 0 Å². The molecule has 0 N–H and O–H groups in total. The predicted octanol–water partition coefficient (Wildman–Crippen LogP) is 9.44. The zero-order chi connectivity index (χ0) is 26.2. The number of anilines is 2. The van der Waals surface area contributed by atoms with Gasteiger partial charge in [-0.2, -0.15) is 0 Å². The molecule has 3 nitrogen and oxygen atoms in total. The Kier molecular flexibility index (Phi) is 5.75. The first-order valence-electron chi connectivity index (χ1n) is 13.4. The molecule has 0 saturated carbocycles. The second-order valence-corrected chi connectivity index (χ2v) is 9.82. The summed E-state index contributed by atoms with van der Waals surface area (Å²) in [5.74, 6) is 0.890. The van der Waals surface area contributed by atoms with Crippen molar-refractivity contribution < 1.29 is 4.42 Å². The highest BCUT2D eigenvalue weighted by molar-refractivity contribution is 6.08. The van der Waals surface area contributed by atoms with Gasteiger partial charge in [-0.15, -0.1) is 0 Å². The Morgan fingerprint density at radius 1 is 0.564 bits per heavy atom. The second-order valence-electron chi connectivity index (χ2n) is 9.82. The first-order chi connectivity index (χ1) is 19.3. The van der Waals surface area contributed by atoms with Crippen LogP contribution in [0.25, 0.3) is 39.1 Å². The highest BCUT2D eigenvalue weighted by Crippen LogP contribution is 2.47. The molecule has 0 amide bonds. The zero-order valence-electron chi connectivity index (χ0n) is 21.7. The third kappa shape index (κ3) is 4.00. The van der Waals surface area contributed by atoms with Crippen molar-refractivity contribution in [3.8, 4) is 22.5 Å². The summed E-state index contributed by atoms with van der Waals surface area (Å²) >= 11 is 0. The lowest BCUT2D eigenvalue weighted by atomic mass is 9.98. The van der Waals surface area contributed by atoms with E-state index in [4.69, 9.17) is 4.42 Å². The van der Waals surface area contributed by atoms with Crippen LogP contribution >= 0.6 is 0 Å². The molecule has 0 bridgehead atoms. The molecule has 1 aliphatic heterocycles. The van der Waals surface area contributed by atoms with Gasteiger partial charge in [0.1, 0.15) is 11.9 Å². The van der Waals surface area contributed by atoms with Crippen LogP contribution < -0.4 is 9.80 Å². The van der Waals surface area contributed by atoms with E-state index < -0.39 is 0 Å². The molecule has 0 aliphatic carbocycles. The van der Waals surface area contributed by atoms with Gasteiger partial charge in [0.25, 0.3) is 0 Å². The van der Waals surface area contributed by atoms with Crippen LogP contribution in [-0.2, 0) is 0 Å². The van der Waals surface area contributed by atoms with E-state index in [2.05, 4.69) is 156 Å². The van der Waals surface area contributed by atoms with Crippen LogP contribution in [0.15, 0.2) is 150 Å². The summed E-state index contributed by atoms with van der Waals surface area (Å²) < 4.78 is 6.87. The van der Waals surface area contributed by atoms with Crippen LogP contribution in [0, 0.1) is 0 Å². The minimum absolute atomic E-state index is 0.0404. The SMILES string of the molecule is C[C@@H]1N(c2ccccc2)C=C(c2ccccc2)N1c1cccc2c(-c3ccccc3)c(-c3ccccc3)oc12. The maximum absolute atomic E-state index is 6.87. The fourth-order valence-electron chi connectivity index (χ4n) is 5.65. The van der Waals surface area contributed by atoms with Gasteiger partial charge in [0, 0.05) is 28.4 Å². The summed E-state index contributed by atoms with van der Waals surface area (Å²) in [4.78, 5) is 4.73. The normalized spacial score (nSPS) is 15.1. The largest absolute Gasteiger partial charge is 0.453 e. The smallest absolute Gasteiger partial charge is 0.159 e. The summed E-state index contributed by atoms with van der Waals surface area (Å²) in [6, 6.07) is 48.6. The Balaban J connectivity index is 1.46. The minimum Gasteiger partial charge on any atom is -0.453 e. The molecule has 1 aliphatic rings. The zero-order valence-corrected chi connectivity index (χ0v) is 21.7. The van der Waals surface area contributed by atoms with Crippen LogP contribution in [0.2, 0.25) is 0 Å². The molecule has 0 fully saturated rings. The Morgan fingerprint density at radius 2 is 1.13 bits per heavy atom. The second kappa shape index (κ2) is 9.70. The number of rotatable bonds is 5. The quantitative estimate of drug-likeness (QED) is 0.233. The number of para-hydroxylation sites is 2. The van der Waals surface area contributed by atoms with Crippen LogP contribution in [0.3, 0.4) is 0 Å². The van der Waals surface area contributed by atoms with Crippen molar-refractivity contribution in [1.29, 1.82) is 0 Å². The molecule has 0 radical (unpaired) electrons. The van der Waals surface area contributed by atoms with Crippen molar-refractivity contribution in [1.82, 2.24) is 0 Å². The van der Waals surface area contributed by atoms with Gasteiger partial charge in [-0.25, -0.2) is 0 Å². The van der Waals surface area contributed by atoms with E-state index in [1.807, 2.05) is 6.07 Å². The van der Waals surface area contributed by atoms with Gasteiger partial charge in [-0.3, -0.25) is 0 Å². The maximum atomic E-state index is 6.87. The molecular weight excluding hydrogens is 476 g/mol. The molecule has 188 valence electrons. The number of hydrogen-bond acceptors (Lipinski definition) is 3. The topological polar surface area (TPSA) is 19.6 Å². The third-order valence-corrected chi connectivity index (χ3v) is 7.47. The molecule has 0 spiro atoms. The van der Waals surface area contributed by atoms with Crippen LogP contribution in [0.1, 0.15) is 12.5 Å². The first-order valence-corrected chi connectivity index (χ1v) is 13.4. The molecule has 39 heavy (non-hydrogen) atoms. The Bertz CT molecular complexity index is 1760. The van der Waals surface area contributed by atoms with Gasteiger partial charge < -0.3 is 14.2 Å². The lowest BCUT2D eigenvalue weighted by Crippen LogP contribution is -2.37. The number of benzene rings is 5. The van der Waals surface area contributed by atoms with E-state index in [1.54, 1.807) is 0 Å². The van der Waals surface area contributed by atoms with E-state index in [9.17, 15) is 0 Å². The fraction of sp³-hybridized carbons (Fsp3) is 0.0556. The fourth-order valence-corrected chi connectivity index (χ4v) is 5.65. The number of nitrogens with zero attached hydrogens (tertiary/aromatic N) is 2. The molecule has 3 heteroatoms. The lowest BCUT2D eigenvalue weighted by Gasteiger charge is -2.31. The van der Waals surface area contributed by atoms with Gasteiger partial charge in [0.2, 0.25) is 0 Å².